The Balaban J connectivity index is 1.61. The van der Waals surface area contributed by atoms with E-state index in [4.69, 9.17) is 4.74 Å². The first-order valence-corrected chi connectivity index (χ1v) is 8.75. The molecule has 1 aliphatic carbocycles. The standard InChI is InChI=1S/C19H29NO/c1-14(16-7-5-3-4-6-8-16)20-15(2)17-9-10-19-18(13-17)11-12-21-19/h9-10,13-16,20H,3-8,11-12H2,1-2H3/t14-,15?/m1/s1. The summed E-state index contributed by atoms with van der Waals surface area (Å²) in [5.41, 5.74) is 2.78. The molecule has 0 spiro atoms. The highest BCUT2D eigenvalue weighted by Gasteiger charge is 2.21. The fourth-order valence-corrected chi connectivity index (χ4v) is 3.91. The van der Waals surface area contributed by atoms with Crippen molar-refractivity contribution in [2.75, 3.05) is 6.61 Å². The van der Waals surface area contributed by atoms with Crippen LogP contribution < -0.4 is 10.1 Å². The molecule has 21 heavy (non-hydrogen) atoms. The van der Waals surface area contributed by atoms with Gasteiger partial charge in [0.25, 0.3) is 0 Å². The van der Waals surface area contributed by atoms with E-state index in [9.17, 15) is 0 Å². The minimum absolute atomic E-state index is 0.425. The van der Waals surface area contributed by atoms with E-state index in [0.717, 1.165) is 24.7 Å². The van der Waals surface area contributed by atoms with E-state index < -0.39 is 0 Å². The third-order valence-electron chi connectivity index (χ3n) is 5.33. The topological polar surface area (TPSA) is 21.3 Å². The van der Waals surface area contributed by atoms with Crippen LogP contribution in [0.3, 0.4) is 0 Å². The van der Waals surface area contributed by atoms with Gasteiger partial charge in [0.05, 0.1) is 6.61 Å². The number of benzene rings is 1. The number of hydrogen-bond acceptors (Lipinski definition) is 2. The summed E-state index contributed by atoms with van der Waals surface area (Å²) in [5, 5.41) is 3.84. The van der Waals surface area contributed by atoms with Crippen molar-refractivity contribution in [3.05, 3.63) is 29.3 Å². The van der Waals surface area contributed by atoms with Crippen LogP contribution in [0.5, 0.6) is 5.75 Å². The van der Waals surface area contributed by atoms with Crippen molar-refractivity contribution in [3.63, 3.8) is 0 Å². The van der Waals surface area contributed by atoms with E-state index in [1.165, 1.54) is 49.7 Å². The van der Waals surface area contributed by atoms with Gasteiger partial charge in [-0.25, -0.2) is 0 Å². The Morgan fingerprint density at radius 3 is 2.62 bits per heavy atom. The van der Waals surface area contributed by atoms with Gasteiger partial charge in [0.2, 0.25) is 0 Å². The van der Waals surface area contributed by atoms with Crippen molar-refractivity contribution in [2.45, 2.75) is 70.9 Å². The molecule has 2 aliphatic rings. The van der Waals surface area contributed by atoms with Crippen molar-refractivity contribution in [3.8, 4) is 5.75 Å². The van der Waals surface area contributed by atoms with E-state index in [0.29, 0.717) is 12.1 Å². The van der Waals surface area contributed by atoms with Gasteiger partial charge in [-0.05, 0) is 49.8 Å². The zero-order valence-electron chi connectivity index (χ0n) is 13.5. The molecule has 0 radical (unpaired) electrons. The molecular formula is C19H29NO. The largest absolute Gasteiger partial charge is 0.493 e. The fourth-order valence-electron chi connectivity index (χ4n) is 3.91. The molecule has 0 amide bonds. The number of ether oxygens (including phenoxy) is 1. The Hall–Kier alpha value is -1.02. The van der Waals surface area contributed by atoms with E-state index >= 15 is 0 Å². The molecule has 2 atom stereocenters. The molecule has 1 unspecified atom stereocenters. The van der Waals surface area contributed by atoms with Crippen LogP contribution in [-0.2, 0) is 6.42 Å². The molecular weight excluding hydrogens is 258 g/mol. The van der Waals surface area contributed by atoms with Gasteiger partial charge in [-0.2, -0.15) is 0 Å². The lowest BCUT2D eigenvalue weighted by atomic mass is 9.92. The van der Waals surface area contributed by atoms with Crippen molar-refractivity contribution < 1.29 is 4.74 Å². The summed E-state index contributed by atoms with van der Waals surface area (Å²) in [4.78, 5) is 0. The third-order valence-corrected chi connectivity index (χ3v) is 5.33. The van der Waals surface area contributed by atoms with E-state index in [-0.39, 0.29) is 0 Å². The fraction of sp³-hybridized carbons (Fsp3) is 0.684. The first-order chi connectivity index (χ1) is 10.2. The van der Waals surface area contributed by atoms with Crippen LogP contribution in [0.15, 0.2) is 18.2 Å². The van der Waals surface area contributed by atoms with Gasteiger partial charge in [-0.3, -0.25) is 0 Å². The second kappa shape index (κ2) is 6.83. The van der Waals surface area contributed by atoms with Crippen molar-refractivity contribution in [2.24, 2.45) is 5.92 Å². The highest BCUT2D eigenvalue weighted by Crippen LogP contribution is 2.30. The Bertz CT molecular complexity index is 463. The van der Waals surface area contributed by atoms with E-state index in [1.54, 1.807) is 0 Å². The van der Waals surface area contributed by atoms with Gasteiger partial charge in [-0.15, -0.1) is 0 Å². The molecule has 3 rings (SSSR count). The lowest BCUT2D eigenvalue weighted by molar-refractivity contribution is 0.316. The maximum absolute atomic E-state index is 5.60. The number of rotatable bonds is 4. The maximum Gasteiger partial charge on any atom is 0.122 e. The number of nitrogens with one attached hydrogen (secondary N) is 1. The predicted molar refractivity (Wildman–Crippen MR) is 87.8 cm³/mol. The van der Waals surface area contributed by atoms with Crippen LogP contribution in [-0.4, -0.2) is 12.6 Å². The van der Waals surface area contributed by atoms with Crippen LogP contribution in [0, 0.1) is 5.92 Å². The molecule has 1 saturated carbocycles. The summed E-state index contributed by atoms with van der Waals surface area (Å²) in [6.07, 6.45) is 9.57. The van der Waals surface area contributed by atoms with Gasteiger partial charge in [0.1, 0.15) is 5.75 Å². The normalized spacial score (nSPS) is 22.2. The van der Waals surface area contributed by atoms with E-state index in [1.807, 2.05) is 0 Å². The molecule has 1 aromatic rings. The lowest BCUT2D eigenvalue weighted by Crippen LogP contribution is -2.35. The van der Waals surface area contributed by atoms with Crippen LogP contribution in [0.2, 0.25) is 0 Å². The average Bonchev–Trinajstić information content (AvgIpc) is 2.78. The molecule has 1 N–H and O–H groups in total. The smallest absolute Gasteiger partial charge is 0.122 e. The first-order valence-electron chi connectivity index (χ1n) is 8.75. The molecule has 1 aliphatic heterocycles. The zero-order valence-corrected chi connectivity index (χ0v) is 13.5. The Morgan fingerprint density at radius 1 is 1.10 bits per heavy atom. The molecule has 116 valence electrons. The van der Waals surface area contributed by atoms with Gasteiger partial charge in [-0.1, -0.05) is 37.8 Å². The number of fused-ring (bicyclic) bond motifs is 1. The zero-order chi connectivity index (χ0) is 14.7. The molecule has 0 bridgehead atoms. The minimum atomic E-state index is 0.425. The predicted octanol–water partition coefficient (Wildman–Crippen LogP) is 4.63. The molecule has 1 aromatic carbocycles. The van der Waals surface area contributed by atoms with Gasteiger partial charge < -0.3 is 10.1 Å². The first kappa shape index (κ1) is 14.9. The van der Waals surface area contributed by atoms with Crippen LogP contribution in [0.1, 0.15) is 69.5 Å². The SMILES string of the molecule is CC(N[C@H](C)C1CCCCCC1)c1ccc2c(c1)CCO2. The average molecular weight is 287 g/mol. The quantitative estimate of drug-likeness (QED) is 0.815. The van der Waals surface area contributed by atoms with Crippen LogP contribution in [0.4, 0.5) is 0 Å². The second-order valence-corrected chi connectivity index (χ2v) is 6.89. The third kappa shape index (κ3) is 3.60. The van der Waals surface area contributed by atoms with Crippen LogP contribution >= 0.6 is 0 Å². The van der Waals surface area contributed by atoms with Crippen LogP contribution in [0.25, 0.3) is 0 Å². The Labute approximate surface area is 129 Å². The Morgan fingerprint density at radius 2 is 1.86 bits per heavy atom. The molecule has 0 saturated heterocycles. The second-order valence-electron chi connectivity index (χ2n) is 6.89. The van der Waals surface area contributed by atoms with E-state index in [2.05, 4.69) is 37.4 Å². The summed E-state index contributed by atoms with van der Waals surface area (Å²) < 4.78 is 5.60. The summed E-state index contributed by atoms with van der Waals surface area (Å²) in [6, 6.07) is 7.74. The van der Waals surface area contributed by atoms with Crippen molar-refractivity contribution >= 4 is 0 Å². The maximum atomic E-state index is 5.60. The van der Waals surface area contributed by atoms with Crippen molar-refractivity contribution in [1.29, 1.82) is 0 Å². The Kier molecular flexibility index (Phi) is 4.84. The highest BCUT2D eigenvalue weighted by atomic mass is 16.5. The summed E-state index contributed by atoms with van der Waals surface area (Å²) >= 11 is 0. The van der Waals surface area contributed by atoms with Gasteiger partial charge in [0.15, 0.2) is 0 Å². The summed E-state index contributed by atoms with van der Waals surface area (Å²) in [6.45, 7) is 5.52. The monoisotopic (exact) mass is 287 g/mol. The highest BCUT2D eigenvalue weighted by molar-refractivity contribution is 5.40. The van der Waals surface area contributed by atoms with Gasteiger partial charge in [0, 0.05) is 18.5 Å². The minimum Gasteiger partial charge on any atom is -0.493 e. The van der Waals surface area contributed by atoms with Gasteiger partial charge >= 0.3 is 0 Å². The molecule has 0 aromatic heterocycles. The summed E-state index contributed by atoms with van der Waals surface area (Å²) in [5.74, 6) is 1.94. The molecule has 1 heterocycles. The lowest BCUT2D eigenvalue weighted by Gasteiger charge is -2.27. The molecule has 2 nitrogen and oxygen atoms in total. The summed E-state index contributed by atoms with van der Waals surface area (Å²) in [7, 11) is 0. The number of hydrogen-bond donors (Lipinski definition) is 1. The molecule has 1 fully saturated rings. The van der Waals surface area contributed by atoms with Crippen molar-refractivity contribution in [1.82, 2.24) is 5.32 Å². The molecule has 2 heteroatoms.